The highest BCUT2D eigenvalue weighted by atomic mass is 16.1. The summed E-state index contributed by atoms with van der Waals surface area (Å²) in [4.78, 5) is 17.6. The third-order valence-electron chi connectivity index (χ3n) is 2.87. The second-order valence-electron chi connectivity index (χ2n) is 4.21. The van der Waals surface area contributed by atoms with Crippen LogP contribution in [0.2, 0.25) is 0 Å². The molecule has 0 amide bonds. The number of H-pyrrole nitrogens is 1. The molecule has 1 N–H and O–H groups in total. The van der Waals surface area contributed by atoms with Crippen LogP contribution < -0.4 is 5.69 Å². The van der Waals surface area contributed by atoms with Crippen molar-refractivity contribution < 1.29 is 0 Å². The molecular weight excluding hydrogens is 248 g/mol. The second-order valence-corrected chi connectivity index (χ2v) is 4.21. The zero-order valence-corrected chi connectivity index (χ0v) is 12.2. The smallest absolute Gasteiger partial charge is 0.305 e. The number of hydrogen-bond acceptors (Lipinski definition) is 2. The summed E-state index contributed by atoms with van der Waals surface area (Å²) in [5.41, 5.74) is 3.41. The van der Waals surface area contributed by atoms with Crippen molar-refractivity contribution in [2.75, 3.05) is 0 Å². The number of nitrogens with zero attached hydrogens (tertiary/aromatic N) is 1. The Labute approximate surface area is 119 Å². The van der Waals surface area contributed by atoms with Crippen molar-refractivity contribution in [1.29, 1.82) is 0 Å². The molecule has 0 radical (unpaired) electrons. The highest BCUT2D eigenvalue weighted by molar-refractivity contribution is 5.74. The van der Waals surface area contributed by atoms with E-state index in [2.05, 4.69) is 16.5 Å². The van der Waals surface area contributed by atoms with Crippen LogP contribution in [0.3, 0.4) is 0 Å². The molecule has 0 bridgehead atoms. The minimum Gasteiger partial charge on any atom is -0.305 e. The quantitative estimate of drug-likeness (QED) is 0.825. The molecule has 104 valence electrons. The molecule has 0 unspecified atom stereocenters. The van der Waals surface area contributed by atoms with Crippen LogP contribution in [-0.2, 0) is 0 Å². The van der Waals surface area contributed by atoms with E-state index in [4.69, 9.17) is 0 Å². The Morgan fingerprint density at radius 1 is 1.40 bits per heavy atom. The first kappa shape index (κ1) is 15.6. The van der Waals surface area contributed by atoms with Crippen LogP contribution in [0.25, 0.3) is 5.57 Å². The lowest BCUT2D eigenvalue weighted by Gasteiger charge is -2.06. The number of aromatic amines is 1. The number of hydrogen-bond donors (Lipinski definition) is 1. The Kier molecular flexibility index (Phi) is 6.17. The average molecular weight is 268 g/mol. The molecule has 1 aromatic heterocycles. The van der Waals surface area contributed by atoms with Gasteiger partial charge in [-0.3, -0.25) is 0 Å². The Balaban J connectivity index is 3.33. The molecule has 3 nitrogen and oxygen atoms in total. The van der Waals surface area contributed by atoms with Gasteiger partial charge < -0.3 is 4.98 Å². The van der Waals surface area contributed by atoms with Crippen LogP contribution in [0.1, 0.15) is 26.5 Å². The van der Waals surface area contributed by atoms with Gasteiger partial charge in [0.15, 0.2) is 0 Å². The van der Waals surface area contributed by atoms with Gasteiger partial charge >= 0.3 is 5.69 Å². The molecular formula is C17H20N2O. The van der Waals surface area contributed by atoms with E-state index in [1.807, 2.05) is 51.2 Å². The second kappa shape index (κ2) is 7.89. The molecule has 0 fully saturated rings. The van der Waals surface area contributed by atoms with Gasteiger partial charge in [-0.05, 0) is 49.6 Å². The third-order valence-corrected chi connectivity index (χ3v) is 2.87. The van der Waals surface area contributed by atoms with Crippen LogP contribution >= 0.6 is 0 Å². The molecule has 20 heavy (non-hydrogen) atoms. The van der Waals surface area contributed by atoms with Crippen molar-refractivity contribution >= 4 is 5.57 Å². The number of aromatic nitrogens is 2. The zero-order valence-electron chi connectivity index (χ0n) is 12.2. The van der Waals surface area contributed by atoms with Gasteiger partial charge in [-0.15, -0.1) is 0 Å². The molecule has 0 aromatic carbocycles. The molecule has 0 atom stereocenters. The maximum Gasteiger partial charge on any atom is 0.345 e. The summed E-state index contributed by atoms with van der Waals surface area (Å²) in [6.45, 7) is 9.82. The van der Waals surface area contributed by atoms with E-state index in [-0.39, 0.29) is 5.69 Å². The van der Waals surface area contributed by atoms with E-state index < -0.39 is 0 Å². The first-order valence-electron chi connectivity index (χ1n) is 6.48. The molecule has 1 heterocycles. The first-order chi connectivity index (χ1) is 9.62. The lowest BCUT2D eigenvalue weighted by Crippen LogP contribution is -2.10. The summed E-state index contributed by atoms with van der Waals surface area (Å²) in [6.07, 6.45) is 13.2. The highest BCUT2D eigenvalue weighted by Crippen LogP contribution is 2.19. The molecule has 0 spiro atoms. The minimum absolute atomic E-state index is 0.364. The molecule has 0 aliphatic heterocycles. The molecule has 1 rings (SSSR count). The lowest BCUT2D eigenvalue weighted by atomic mass is 10.0. The van der Waals surface area contributed by atoms with E-state index >= 15 is 0 Å². The predicted octanol–water partition coefficient (Wildman–Crippen LogP) is 3.81. The SMILES string of the molecule is C=C\C(=C/C(=C/C=C\C)C(/C)=C\C)c1ccnc(=O)[nH]1. The molecule has 3 heteroatoms. The van der Waals surface area contributed by atoms with E-state index in [0.717, 1.165) is 16.7 Å². The Morgan fingerprint density at radius 2 is 2.15 bits per heavy atom. The van der Waals surface area contributed by atoms with Crippen LogP contribution in [0.5, 0.6) is 0 Å². The fraction of sp³-hybridized carbons (Fsp3) is 0.176. The monoisotopic (exact) mass is 268 g/mol. The Hall–Kier alpha value is -2.42. The molecule has 0 saturated heterocycles. The van der Waals surface area contributed by atoms with E-state index in [9.17, 15) is 4.79 Å². The summed E-state index contributed by atoms with van der Waals surface area (Å²) in [7, 11) is 0. The van der Waals surface area contributed by atoms with Gasteiger partial charge in [0.25, 0.3) is 0 Å². The van der Waals surface area contributed by atoms with Crippen LogP contribution in [-0.4, -0.2) is 9.97 Å². The average Bonchev–Trinajstić information content (AvgIpc) is 2.46. The largest absolute Gasteiger partial charge is 0.345 e. The van der Waals surface area contributed by atoms with Crippen LogP contribution in [0.15, 0.2) is 71.2 Å². The molecule has 0 aliphatic rings. The van der Waals surface area contributed by atoms with Gasteiger partial charge in [0.2, 0.25) is 0 Å². The topological polar surface area (TPSA) is 45.8 Å². The Morgan fingerprint density at radius 3 is 2.70 bits per heavy atom. The van der Waals surface area contributed by atoms with Gasteiger partial charge in [0.1, 0.15) is 0 Å². The Bertz CT molecular complexity index is 643. The van der Waals surface area contributed by atoms with Crippen molar-refractivity contribution in [2.45, 2.75) is 20.8 Å². The molecule has 1 aromatic rings. The summed E-state index contributed by atoms with van der Waals surface area (Å²) in [5.74, 6) is 0. The number of nitrogens with one attached hydrogen (secondary N) is 1. The highest BCUT2D eigenvalue weighted by Gasteiger charge is 2.02. The van der Waals surface area contributed by atoms with Gasteiger partial charge in [-0.2, -0.15) is 0 Å². The number of rotatable bonds is 5. The fourth-order valence-corrected chi connectivity index (χ4v) is 1.61. The lowest BCUT2D eigenvalue weighted by molar-refractivity contribution is 1.06. The predicted molar refractivity (Wildman–Crippen MR) is 85.4 cm³/mol. The zero-order chi connectivity index (χ0) is 15.0. The van der Waals surface area contributed by atoms with Gasteiger partial charge in [-0.1, -0.05) is 37.0 Å². The van der Waals surface area contributed by atoms with Crippen molar-refractivity contribution in [3.05, 3.63) is 82.6 Å². The van der Waals surface area contributed by atoms with Crippen LogP contribution in [0, 0.1) is 0 Å². The van der Waals surface area contributed by atoms with Crippen molar-refractivity contribution in [3.63, 3.8) is 0 Å². The number of allylic oxidation sites excluding steroid dienone is 9. The molecule has 0 aliphatic carbocycles. The van der Waals surface area contributed by atoms with Gasteiger partial charge in [0, 0.05) is 6.20 Å². The maximum absolute atomic E-state index is 11.3. The van der Waals surface area contributed by atoms with Crippen LogP contribution in [0.4, 0.5) is 0 Å². The summed E-state index contributed by atoms with van der Waals surface area (Å²) >= 11 is 0. The summed E-state index contributed by atoms with van der Waals surface area (Å²) < 4.78 is 0. The minimum atomic E-state index is -0.364. The van der Waals surface area contributed by atoms with E-state index in [1.165, 1.54) is 6.20 Å². The van der Waals surface area contributed by atoms with E-state index in [1.54, 1.807) is 12.1 Å². The van der Waals surface area contributed by atoms with Gasteiger partial charge in [0.05, 0.1) is 5.69 Å². The van der Waals surface area contributed by atoms with Gasteiger partial charge in [-0.25, -0.2) is 9.78 Å². The normalized spacial score (nSPS) is 13.8. The van der Waals surface area contributed by atoms with Crippen molar-refractivity contribution in [2.24, 2.45) is 0 Å². The van der Waals surface area contributed by atoms with Crippen molar-refractivity contribution in [3.8, 4) is 0 Å². The summed E-state index contributed by atoms with van der Waals surface area (Å²) in [5, 5.41) is 0. The summed E-state index contributed by atoms with van der Waals surface area (Å²) in [6, 6.07) is 1.76. The first-order valence-corrected chi connectivity index (χ1v) is 6.48. The fourth-order valence-electron chi connectivity index (χ4n) is 1.61. The molecule has 0 saturated carbocycles. The maximum atomic E-state index is 11.3. The third kappa shape index (κ3) is 4.35. The standard InChI is InChI=1S/C17H20N2O/c1-5-8-9-15(13(4)6-2)12-14(7-3)16-10-11-18-17(20)19-16/h5-12H,3H2,1-2,4H3,(H,18,19,20)/b8-5-,13-6-,14-12+,15-9-. The van der Waals surface area contributed by atoms with E-state index in [0.29, 0.717) is 5.69 Å². The van der Waals surface area contributed by atoms with Crippen molar-refractivity contribution in [1.82, 2.24) is 9.97 Å².